The third kappa shape index (κ3) is 2.97. The average molecular weight is 276 g/mol. The van der Waals surface area contributed by atoms with E-state index in [1.54, 1.807) is 0 Å². The van der Waals surface area contributed by atoms with E-state index in [0.29, 0.717) is 5.56 Å². The van der Waals surface area contributed by atoms with Crippen molar-refractivity contribution in [3.05, 3.63) is 57.2 Å². The van der Waals surface area contributed by atoms with E-state index < -0.39 is 4.92 Å². The largest absolute Gasteiger partial charge is 0.432 e. The van der Waals surface area contributed by atoms with Crippen molar-refractivity contribution in [1.29, 1.82) is 5.26 Å². The Hall–Kier alpha value is -2.65. The Bertz CT molecular complexity index is 682. The van der Waals surface area contributed by atoms with Gasteiger partial charge in [0.15, 0.2) is 0 Å². The van der Waals surface area contributed by atoms with Gasteiger partial charge in [0.05, 0.1) is 16.6 Å². The molecule has 0 saturated carbocycles. The van der Waals surface area contributed by atoms with Crippen LogP contribution in [0.25, 0.3) is 0 Å². The van der Waals surface area contributed by atoms with Gasteiger partial charge < -0.3 is 4.74 Å². The zero-order valence-corrected chi connectivity index (χ0v) is 10.2. The van der Waals surface area contributed by atoms with Crippen LogP contribution in [0.15, 0.2) is 36.5 Å². The maximum absolute atomic E-state index is 10.9. The van der Waals surface area contributed by atoms with Crippen LogP contribution in [0.2, 0.25) is 5.02 Å². The molecule has 1 aromatic heterocycles. The lowest BCUT2D eigenvalue weighted by Gasteiger charge is -2.05. The molecule has 1 heterocycles. The van der Waals surface area contributed by atoms with Crippen molar-refractivity contribution in [2.75, 3.05) is 0 Å². The highest BCUT2D eigenvalue weighted by molar-refractivity contribution is 6.30. The minimum absolute atomic E-state index is 0.0111. The Morgan fingerprint density at radius 1 is 1.37 bits per heavy atom. The van der Waals surface area contributed by atoms with E-state index in [1.807, 2.05) is 6.07 Å². The second kappa shape index (κ2) is 5.33. The first-order valence-corrected chi connectivity index (χ1v) is 5.46. The summed E-state index contributed by atoms with van der Waals surface area (Å²) in [5, 5.41) is 19.9. The first kappa shape index (κ1) is 12.8. The molecule has 0 N–H and O–H groups in total. The summed E-state index contributed by atoms with van der Waals surface area (Å²) in [7, 11) is 0. The summed E-state index contributed by atoms with van der Waals surface area (Å²) in [5.41, 5.74) is 0.0817. The second-order valence-corrected chi connectivity index (χ2v) is 3.90. The van der Waals surface area contributed by atoms with Gasteiger partial charge in [-0.25, -0.2) is 4.98 Å². The smallest absolute Gasteiger partial charge is 0.313 e. The predicted molar refractivity (Wildman–Crippen MR) is 67.1 cm³/mol. The third-order valence-corrected chi connectivity index (χ3v) is 2.43. The van der Waals surface area contributed by atoms with Crippen LogP contribution in [0.1, 0.15) is 5.56 Å². The molecular weight excluding hydrogens is 270 g/mol. The average Bonchev–Trinajstić information content (AvgIpc) is 2.41. The monoisotopic (exact) mass is 275 g/mol. The Labute approximate surface area is 113 Å². The van der Waals surface area contributed by atoms with E-state index in [-0.39, 0.29) is 22.3 Å². The van der Waals surface area contributed by atoms with Gasteiger partial charge >= 0.3 is 5.69 Å². The number of rotatable bonds is 3. The summed E-state index contributed by atoms with van der Waals surface area (Å²) in [6.07, 6.45) is 1.38. The Morgan fingerprint density at radius 2 is 2.16 bits per heavy atom. The van der Waals surface area contributed by atoms with Crippen LogP contribution in [0.3, 0.4) is 0 Å². The molecule has 0 fully saturated rings. The van der Waals surface area contributed by atoms with Gasteiger partial charge in [-0.1, -0.05) is 11.6 Å². The Balaban J connectivity index is 2.38. The number of hydrogen-bond acceptors (Lipinski definition) is 5. The minimum atomic E-state index is -0.602. The maximum Gasteiger partial charge on any atom is 0.313 e. The highest BCUT2D eigenvalue weighted by atomic mass is 35.5. The van der Waals surface area contributed by atoms with Gasteiger partial charge in [-0.2, -0.15) is 5.26 Å². The molecule has 0 aliphatic carbocycles. The molecule has 0 amide bonds. The van der Waals surface area contributed by atoms with Crippen molar-refractivity contribution >= 4 is 17.3 Å². The van der Waals surface area contributed by atoms with E-state index >= 15 is 0 Å². The van der Waals surface area contributed by atoms with E-state index in [2.05, 4.69) is 4.98 Å². The van der Waals surface area contributed by atoms with Crippen LogP contribution in [0.5, 0.6) is 11.6 Å². The van der Waals surface area contributed by atoms with E-state index in [9.17, 15) is 10.1 Å². The molecule has 0 unspecified atom stereocenters. The number of hydrogen-bond donors (Lipinski definition) is 0. The van der Waals surface area contributed by atoms with Gasteiger partial charge in [0.25, 0.3) is 0 Å². The van der Waals surface area contributed by atoms with Crippen molar-refractivity contribution in [3.8, 4) is 17.7 Å². The molecule has 0 saturated heterocycles. The van der Waals surface area contributed by atoms with Crippen LogP contribution in [-0.4, -0.2) is 9.91 Å². The third-order valence-electron chi connectivity index (χ3n) is 2.20. The van der Waals surface area contributed by atoms with Crippen molar-refractivity contribution in [3.63, 3.8) is 0 Å². The topological polar surface area (TPSA) is 89.0 Å². The normalized spacial score (nSPS) is 9.68. The van der Waals surface area contributed by atoms with Crippen molar-refractivity contribution in [2.45, 2.75) is 0 Å². The van der Waals surface area contributed by atoms with Gasteiger partial charge in [0.1, 0.15) is 0 Å². The number of benzene rings is 1. The highest BCUT2D eigenvalue weighted by Crippen LogP contribution is 2.32. The number of nitro groups is 1. The fourth-order valence-electron chi connectivity index (χ4n) is 1.37. The summed E-state index contributed by atoms with van der Waals surface area (Å²) < 4.78 is 5.31. The van der Waals surface area contributed by atoms with Crippen molar-refractivity contribution < 1.29 is 9.66 Å². The summed E-state index contributed by atoms with van der Waals surface area (Å²) in [5.74, 6) is 0.112. The van der Waals surface area contributed by atoms with Gasteiger partial charge in [0, 0.05) is 23.4 Å². The van der Waals surface area contributed by atoms with E-state index in [0.717, 1.165) is 0 Å². The zero-order chi connectivity index (χ0) is 13.8. The molecule has 0 bridgehead atoms. The lowest BCUT2D eigenvalue weighted by Crippen LogP contribution is -1.95. The molecule has 0 spiro atoms. The molecule has 19 heavy (non-hydrogen) atoms. The lowest BCUT2D eigenvalue weighted by atomic mass is 10.3. The first-order chi connectivity index (χ1) is 9.10. The van der Waals surface area contributed by atoms with Crippen LogP contribution in [0, 0.1) is 21.4 Å². The second-order valence-electron chi connectivity index (χ2n) is 3.47. The fourth-order valence-corrected chi connectivity index (χ4v) is 1.53. The molecule has 2 rings (SSSR count). The summed E-state index contributed by atoms with van der Waals surface area (Å²) in [4.78, 5) is 14.2. The summed E-state index contributed by atoms with van der Waals surface area (Å²) in [6, 6.07) is 8.85. The predicted octanol–water partition coefficient (Wildman–Crippen LogP) is 3.31. The maximum atomic E-state index is 10.9. The minimum Gasteiger partial charge on any atom is -0.432 e. The quantitative estimate of drug-likeness (QED) is 0.633. The van der Waals surface area contributed by atoms with Crippen LogP contribution < -0.4 is 4.74 Å². The molecule has 0 atom stereocenters. The summed E-state index contributed by atoms with van der Waals surface area (Å²) in [6.45, 7) is 0. The molecule has 1 aromatic carbocycles. The number of nitro benzene ring substituents is 1. The number of aromatic nitrogens is 1. The molecule has 94 valence electrons. The standard InChI is InChI=1S/C12H6ClN3O3/c13-9-1-2-11(10(6-9)16(17)18)19-12-5-8(7-14)3-4-15-12/h1-6H. The van der Waals surface area contributed by atoms with Crippen molar-refractivity contribution in [1.82, 2.24) is 4.98 Å². The molecular formula is C12H6ClN3O3. The lowest BCUT2D eigenvalue weighted by molar-refractivity contribution is -0.385. The molecule has 2 aromatic rings. The van der Waals surface area contributed by atoms with Crippen LogP contribution in [-0.2, 0) is 0 Å². The first-order valence-electron chi connectivity index (χ1n) is 5.08. The molecule has 6 nitrogen and oxygen atoms in total. The van der Waals surface area contributed by atoms with Gasteiger partial charge in [0.2, 0.25) is 11.6 Å². The van der Waals surface area contributed by atoms with E-state index in [1.165, 1.54) is 36.5 Å². The molecule has 0 aliphatic heterocycles. The van der Waals surface area contributed by atoms with Crippen LogP contribution >= 0.6 is 11.6 Å². The highest BCUT2D eigenvalue weighted by Gasteiger charge is 2.16. The van der Waals surface area contributed by atoms with Gasteiger partial charge in [-0.15, -0.1) is 0 Å². The fraction of sp³-hybridized carbons (Fsp3) is 0. The van der Waals surface area contributed by atoms with Gasteiger partial charge in [-0.3, -0.25) is 10.1 Å². The number of nitrogens with zero attached hydrogens (tertiary/aromatic N) is 3. The molecule has 0 radical (unpaired) electrons. The zero-order valence-electron chi connectivity index (χ0n) is 9.41. The van der Waals surface area contributed by atoms with Gasteiger partial charge in [-0.05, 0) is 18.2 Å². The number of pyridine rings is 1. The molecule has 7 heteroatoms. The Kier molecular flexibility index (Phi) is 3.59. The van der Waals surface area contributed by atoms with Crippen molar-refractivity contribution in [2.24, 2.45) is 0 Å². The summed E-state index contributed by atoms with van der Waals surface area (Å²) >= 11 is 5.69. The Morgan fingerprint density at radius 3 is 2.84 bits per heavy atom. The van der Waals surface area contributed by atoms with Crippen LogP contribution in [0.4, 0.5) is 5.69 Å². The SMILES string of the molecule is N#Cc1ccnc(Oc2ccc(Cl)cc2[N+](=O)[O-])c1. The molecule has 0 aliphatic rings. The number of ether oxygens (including phenoxy) is 1. The van der Waals surface area contributed by atoms with E-state index in [4.69, 9.17) is 21.6 Å². The number of halogens is 1. The number of nitriles is 1.